The summed E-state index contributed by atoms with van der Waals surface area (Å²) in [4.78, 5) is 19.5. The molecular formula is C42H38N2O2. The standard InChI is InChI=1S/C42H38N2O2/c1-5-43(6-2)31-19-17-27-23-33-37(25-29(27)21-31)42(35-13-9-11-15-39(35)46-40-16-12-10-14-36(40)42)38-26-30-22-32(44(7-3)8-4)20-18-28(30)24-34(38)41(33)45/h9-26H,5-8H2,1-4H3. The van der Waals surface area contributed by atoms with E-state index in [1.165, 1.54) is 11.4 Å². The van der Waals surface area contributed by atoms with Crippen LogP contribution in [0.1, 0.15) is 65.9 Å². The molecule has 1 aliphatic heterocycles. The molecule has 6 aromatic rings. The van der Waals surface area contributed by atoms with Crippen LogP contribution < -0.4 is 14.5 Å². The number of carbonyl (C=O) groups excluding carboxylic acids is 1. The van der Waals surface area contributed by atoms with E-state index in [1.807, 2.05) is 12.1 Å². The van der Waals surface area contributed by atoms with Gasteiger partial charge in [-0.25, -0.2) is 0 Å². The fraction of sp³-hybridized carbons (Fsp3) is 0.214. The zero-order valence-electron chi connectivity index (χ0n) is 26.9. The Morgan fingerprint density at radius 2 is 0.935 bits per heavy atom. The molecule has 0 unspecified atom stereocenters. The Labute approximate surface area is 270 Å². The highest BCUT2D eigenvalue weighted by Gasteiger charge is 2.51. The van der Waals surface area contributed by atoms with Gasteiger partial charge in [-0.1, -0.05) is 48.5 Å². The van der Waals surface area contributed by atoms with Crippen LogP contribution in [0.25, 0.3) is 21.5 Å². The van der Waals surface area contributed by atoms with Gasteiger partial charge in [0, 0.05) is 59.8 Å². The van der Waals surface area contributed by atoms with E-state index >= 15 is 0 Å². The fourth-order valence-corrected chi connectivity index (χ4v) is 8.00. The number of fused-ring (bicyclic) bond motifs is 10. The van der Waals surface area contributed by atoms with Gasteiger partial charge in [0.2, 0.25) is 0 Å². The summed E-state index contributed by atoms with van der Waals surface area (Å²) >= 11 is 0. The van der Waals surface area contributed by atoms with Crippen molar-refractivity contribution in [2.75, 3.05) is 36.0 Å². The van der Waals surface area contributed by atoms with Crippen LogP contribution in [0.2, 0.25) is 0 Å². The lowest BCUT2D eigenvalue weighted by Gasteiger charge is -2.45. The molecule has 46 heavy (non-hydrogen) atoms. The number of hydrogen-bond acceptors (Lipinski definition) is 4. The first-order valence-electron chi connectivity index (χ1n) is 16.6. The molecule has 0 atom stereocenters. The summed E-state index contributed by atoms with van der Waals surface area (Å²) in [7, 11) is 0. The van der Waals surface area contributed by atoms with Crippen LogP contribution >= 0.6 is 0 Å². The molecule has 0 saturated carbocycles. The minimum absolute atomic E-state index is 0.0708. The molecule has 8 rings (SSSR count). The van der Waals surface area contributed by atoms with Crippen molar-refractivity contribution in [3.8, 4) is 11.5 Å². The highest BCUT2D eigenvalue weighted by Crippen LogP contribution is 2.59. The molecule has 0 aromatic heterocycles. The normalized spacial score (nSPS) is 14.0. The molecule has 228 valence electrons. The third-order valence-corrected chi connectivity index (χ3v) is 10.3. The number of para-hydroxylation sites is 2. The zero-order valence-corrected chi connectivity index (χ0v) is 26.9. The maximum Gasteiger partial charge on any atom is 0.193 e. The number of benzene rings is 6. The molecule has 0 fully saturated rings. The van der Waals surface area contributed by atoms with Crippen LogP contribution in [0.5, 0.6) is 11.5 Å². The smallest absolute Gasteiger partial charge is 0.193 e. The van der Waals surface area contributed by atoms with E-state index in [0.29, 0.717) is 0 Å². The average Bonchev–Trinajstić information content (AvgIpc) is 3.10. The number of rotatable bonds is 6. The second-order valence-corrected chi connectivity index (χ2v) is 12.4. The third-order valence-electron chi connectivity index (χ3n) is 10.3. The van der Waals surface area contributed by atoms with Gasteiger partial charge in [-0.2, -0.15) is 0 Å². The van der Waals surface area contributed by atoms with Crippen LogP contribution in [0.15, 0.2) is 109 Å². The average molecular weight is 603 g/mol. The van der Waals surface area contributed by atoms with Gasteiger partial charge < -0.3 is 14.5 Å². The van der Waals surface area contributed by atoms with Gasteiger partial charge in [-0.3, -0.25) is 4.79 Å². The second kappa shape index (κ2) is 10.8. The molecular weight excluding hydrogens is 564 g/mol. The molecule has 0 N–H and O–H groups in total. The first-order valence-corrected chi connectivity index (χ1v) is 16.6. The van der Waals surface area contributed by atoms with Crippen LogP contribution in [0.3, 0.4) is 0 Å². The summed E-state index contributed by atoms with van der Waals surface area (Å²) in [5.74, 6) is 1.71. The predicted molar refractivity (Wildman–Crippen MR) is 190 cm³/mol. The molecule has 4 nitrogen and oxygen atoms in total. The predicted octanol–water partition coefficient (Wildman–Crippen LogP) is 9.72. The van der Waals surface area contributed by atoms with Crippen LogP contribution in [0, 0.1) is 0 Å². The van der Waals surface area contributed by atoms with Crippen molar-refractivity contribution in [3.05, 3.63) is 143 Å². The number of nitrogens with zero attached hydrogens (tertiary/aromatic N) is 2. The Balaban J connectivity index is 1.51. The summed E-state index contributed by atoms with van der Waals surface area (Å²) in [6.45, 7) is 12.5. The Hall–Kier alpha value is -5.09. The van der Waals surface area contributed by atoms with Gasteiger partial charge in [0.25, 0.3) is 0 Å². The highest BCUT2D eigenvalue weighted by atomic mass is 16.5. The maximum absolute atomic E-state index is 14.7. The van der Waals surface area contributed by atoms with E-state index in [2.05, 4.69) is 135 Å². The van der Waals surface area contributed by atoms with E-state index in [4.69, 9.17) is 4.74 Å². The summed E-state index contributed by atoms with van der Waals surface area (Å²) in [5, 5.41) is 4.40. The molecule has 4 heteroatoms. The largest absolute Gasteiger partial charge is 0.457 e. The molecule has 2 aliphatic rings. The van der Waals surface area contributed by atoms with Crippen LogP contribution in [0.4, 0.5) is 11.4 Å². The Morgan fingerprint density at radius 1 is 0.500 bits per heavy atom. The molecule has 6 aromatic carbocycles. The van der Waals surface area contributed by atoms with Gasteiger partial charge in [-0.15, -0.1) is 0 Å². The number of ketones is 1. The van der Waals surface area contributed by atoms with Gasteiger partial charge in [0.15, 0.2) is 5.78 Å². The zero-order chi connectivity index (χ0) is 31.6. The van der Waals surface area contributed by atoms with Gasteiger partial charge >= 0.3 is 0 Å². The van der Waals surface area contributed by atoms with Crippen molar-refractivity contribution < 1.29 is 9.53 Å². The minimum atomic E-state index is -0.747. The maximum atomic E-state index is 14.7. The van der Waals surface area contributed by atoms with Crippen molar-refractivity contribution in [2.24, 2.45) is 0 Å². The topological polar surface area (TPSA) is 32.8 Å². The monoisotopic (exact) mass is 602 g/mol. The van der Waals surface area contributed by atoms with Crippen LogP contribution in [-0.4, -0.2) is 32.0 Å². The van der Waals surface area contributed by atoms with E-state index in [1.54, 1.807) is 0 Å². The summed E-state index contributed by atoms with van der Waals surface area (Å²) in [5.41, 5.74) is 7.27. The SMILES string of the molecule is CCN(CC)c1ccc2cc3c(cc2c1)C1(c2ccccc2Oc2ccccc21)c1cc2cc(N(CC)CC)ccc2cc1C3=O. The van der Waals surface area contributed by atoms with Crippen molar-refractivity contribution in [2.45, 2.75) is 33.1 Å². The quantitative estimate of drug-likeness (QED) is 0.190. The number of ether oxygens (including phenoxy) is 1. The number of carbonyl (C=O) groups is 1. The van der Waals surface area contributed by atoms with E-state index in [-0.39, 0.29) is 5.78 Å². The first kappa shape index (κ1) is 28.4. The lowest BCUT2D eigenvalue weighted by atomic mass is 9.58. The summed E-state index contributed by atoms with van der Waals surface area (Å²) in [6.07, 6.45) is 0. The first-order chi connectivity index (χ1) is 22.5. The van der Waals surface area contributed by atoms with Crippen molar-refractivity contribution in [1.82, 2.24) is 0 Å². The van der Waals surface area contributed by atoms with Gasteiger partial charge in [0.05, 0.1) is 5.41 Å². The van der Waals surface area contributed by atoms with E-state index in [9.17, 15) is 4.79 Å². The molecule has 0 saturated heterocycles. The molecule has 0 bridgehead atoms. The van der Waals surface area contributed by atoms with E-state index in [0.717, 1.165) is 92.6 Å². The Bertz CT molecular complexity index is 2020. The molecule has 0 amide bonds. The Kier molecular flexibility index (Phi) is 6.65. The number of anilines is 2. The fourth-order valence-electron chi connectivity index (χ4n) is 8.00. The van der Waals surface area contributed by atoms with Crippen molar-refractivity contribution in [3.63, 3.8) is 0 Å². The summed E-state index contributed by atoms with van der Waals surface area (Å²) in [6, 6.07) is 38.8. The lowest BCUT2D eigenvalue weighted by molar-refractivity contribution is 0.103. The molecule has 1 spiro atoms. The summed E-state index contributed by atoms with van der Waals surface area (Å²) < 4.78 is 6.60. The van der Waals surface area contributed by atoms with Crippen molar-refractivity contribution in [1.29, 1.82) is 0 Å². The van der Waals surface area contributed by atoms with Gasteiger partial charge in [0.1, 0.15) is 11.5 Å². The number of hydrogen-bond donors (Lipinski definition) is 0. The highest BCUT2D eigenvalue weighted by molar-refractivity contribution is 6.17. The van der Waals surface area contributed by atoms with Crippen LogP contribution in [-0.2, 0) is 5.41 Å². The molecule has 1 heterocycles. The lowest BCUT2D eigenvalue weighted by Crippen LogP contribution is -2.40. The van der Waals surface area contributed by atoms with Crippen molar-refractivity contribution >= 4 is 38.7 Å². The third kappa shape index (κ3) is 3.95. The minimum Gasteiger partial charge on any atom is -0.457 e. The van der Waals surface area contributed by atoms with E-state index < -0.39 is 5.41 Å². The Morgan fingerprint density at radius 3 is 1.37 bits per heavy atom. The second-order valence-electron chi connectivity index (χ2n) is 12.4. The molecule has 1 aliphatic carbocycles. The molecule has 0 radical (unpaired) electrons. The van der Waals surface area contributed by atoms with Gasteiger partial charge in [-0.05, 0) is 121 Å².